The van der Waals surface area contributed by atoms with Gasteiger partial charge in [-0.05, 0) is 32.4 Å². The third kappa shape index (κ3) is 2.87. The molecule has 0 aliphatic carbocycles. The lowest BCUT2D eigenvalue weighted by atomic mass is 10.2. The molecule has 0 fully saturated rings. The Bertz CT molecular complexity index is 606. The Morgan fingerprint density at radius 1 is 1.53 bits per heavy atom. The predicted molar refractivity (Wildman–Crippen MR) is 80.6 cm³/mol. The number of nitrogen functional groups attached to an aromatic ring is 1. The van der Waals surface area contributed by atoms with Gasteiger partial charge in [-0.15, -0.1) is 11.3 Å². The molecule has 102 valence electrons. The molecule has 4 nitrogen and oxygen atoms in total. The third-order valence-electron chi connectivity index (χ3n) is 3.04. The zero-order valence-corrected chi connectivity index (χ0v) is 12.3. The lowest BCUT2D eigenvalue weighted by Gasteiger charge is -2.11. The number of nitrogens with zero attached hydrogens (tertiary/aromatic N) is 1. The molecule has 1 atom stereocenters. The molecule has 2 aromatic rings. The molecule has 0 aliphatic heterocycles. The highest BCUT2D eigenvalue weighted by Gasteiger charge is 2.18. The van der Waals surface area contributed by atoms with Gasteiger partial charge in [-0.1, -0.05) is 13.3 Å². The fourth-order valence-electron chi connectivity index (χ4n) is 2.05. The van der Waals surface area contributed by atoms with Crippen molar-refractivity contribution in [3.8, 4) is 0 Å². The summed E-state index contributed by atoms with van der Waals surface area (Å²) in [6, 6.07) is 4.00. The number of hydrogen-bond acceptors (Lipinski definition) is 4. The van der Waals surface area contributed by atoms with Gasteiger partial charge in [-0.3, -0.25) is 4.79 Å². The fourth-order valence-corrected chi connectivity index (χ4v) is 3.10. The number of thiophene rings is 1. The minimum Gasteiger partial charge on any atom is -0.397 e. The van der Waals surface area contributed by atoms with E-state index in [4.69, 9.17) is 5.73 Å². The molecule has 1 amide bonds. The quantitative estimate of drug-likeness (QED) is 0.902. The Morgan fingerprint density at radius 2 is 2.26 bits per heavy atom. The first kappa shape index (κ1) is 13.8. The molecule has 19 heavy (non-hydrogen) atoms. The maximum atomic E-state index is 12.2. The van der Waals surface area contributed by atoms with E-state index in [-0.39, 0.29) is 11.9 Å². The second-order valence-electron chi connectivity index (χ2n) is 4.81. The molecule has 0 bridgehead atoms. The lowest BCUT2D eigenvalue weighted by molar-refractivity contribution is 0.0943. The molecule has 3 N–H and O–H groups in total. The number of aryl methyl sites for hydroxylation is 1. The van der Waals surface area contributed by atoms with Crippen LogP contribution in [-0.4, -0.2) is 16.9 Å². The van der Waals surface area contributed by atoms with E-state index in [9.17, 15) is 4.79 Å². The second kappa shape index (κ2) is 5.57. The van der Waals surface area contributed by atoms with Gasteiger partial charge in [0.2, 0.25) is 0 Å². The first-order chi connectivity index (χ1) is 9.02. The maximum Gasteiger partial charge on any atom is 0.263 e. The van der Waals surface area contributed by atoms with Crippen LogP contribution in [0.2, 0.25) is 0 Å². The third-order valence-corrected chi connectivity index (χ3v) is 4.15. The molecule has 0 spiro atoms. The van der Waals surface area contributed by atoms with E-state index in [1.165, 1.54) is 11.3 Å². The molecule has 0 radical (unpaired) electrons. The highest BCUT2D eigenvalue weighted by Crippen LogP contribution is 2.32. The summed E-state index contributed by atoms with van der Waals surface area (Å²) < 4.78 is 0. The van der Waals surface area contributed by atoms with Crippen LogP contribution < -0.4 is 11.1 Å². The molecule has 2 rings (SSSR count). The Morgan fingerprint density at radius 3 is 2.95 bits per heavy atom. The van der Waals surface area contributed by atoms with Crippen LogP contribution in [0, 0.1) is 6.92 Å². The van der Waals surface area contributed by atoms with Crippen LogP contribution in [0.3, 0.4) is 0 Å². The van der Waals surface area contributed by atoms with Gasteiger partial charge in [0.1, 0.15) is 9.71 Å². The Kier molecular flexibility index (Phi) is 4.04. The molecule has 2 aromatic heterocycles. The largest absolute Gasteiger partial charge is 0.397 e. The number of nitrogens with two attached hydrogens (primary N) is 1. The van der Waals surface area contributed by atoms with Gasteiger partial charge in [0.05, 0.1) is 5.69 Å². The van der Waals surface area contributed by atoms with Gasteiger partial charge >= 0.3 is 0 Å². The van der Waals surface area contributed by atoms with Crippen LogP contribution in [-0.2, 0) is 0 Å². The summed E-state index contributed by atoms with van der Waals surface area (Å²) in [5.41, 5.74) is 7.52. The molecule has 0 aromatic carbocycles. The van der Waals surface area contributed by atoms with E-state index in [2.05, 4.69) is 17.2 Å². The molecule has 1 unspecified atom stereocenters. The maximum absolute atomic E-state index is 12.2. The normalized spacial score (nSPS) is 12.6. The van der Waals surface area contributed by atoms with Gasteiger partial charge in [0, 0.05) is 17.1 Å². The Balaban J connectivity index is 2.29. The van der Waals surface area contributed by atoms with Crippen LogP contribution in [0.1, 0.15) is 42.1 Å². The average molecular weight is 277 g/mol. The van der Waals surface area contributed by atoms with Gasteiger partial charge < -0.3 is 11.1 Å². The van der Waals surface area contributed by atoms with E-state index in [1.807, 2.05) is 26.0 Å². The van der Waals surface area contributed by atoms with Crippen molar-refractivity contribution in [2.24, 2.45) is 0 Å². The van der Waals surface area contributed by atoms with E-state index in [0.717, 1.165) is 28.8 Å². The molecule has 0 saturated carbocycles. The number of fused-ring (bicyclic) bond motifs is 1. The zero-order valence-electron chi connectivity index (χ0n) is 11.5. The van der Waals surface area contributed by atoms with Crippen LogP contribution in [0.5, 0.6) is 0 Å². The number of rotatable bonds is 4. The smallest absolute Gasteiger partial charge is 0.263 e. The second-order valence-corrected chi connectivity index (χ2v) is 5.81. The van der Waals surface area contributed by atoms with Crippen molar-refractivity contribution in [2.45, 2.75) is 39.7 Å². The van der Waals surface area contributed by atoms with Crippen molar-refractivity contribution in [1.82, 2.24) is 10.3 Å². The van der Waals surface area contributed by atoms with Crippen molar-refractivity contribution >= 4 is 33.1 Å². The number of nitrogens with one attached hydrogen (secondary N) is 1. The highest BCUT2D eigenvalue weighted by atomic mass is 32.1. The number of pyridine rings is 1. The Labute approximate surface area is 117 Å². The topological polar surface area (TPSA) is 68.0 Å². The minimum absolute atomic E-state index is 0.0981. The predicted octanol–water partition coefficient (Wildman–Crippen LogP) is 3.11. The van der Waals surface area contributed by atoms with Crippen molar-refractivity contribution < 1.29 is 4.79 Å². The molecular weight excluding hydrogens is 258 g/mol. The van der Waals surface area contributed by atoms with E-state index >= 15 is 0 Å². The van der Waals surface area contributed by atoms with Gasteiger partial charge in [-0.2, -0.15) is 0 Å². The zero-order chi connectivity index (χ0) is 14.0. The fraction of sp³-hybridized carbons (Fsp3) is 0.429. The van der Waals surface area contributed by atoms with Crippen molar-refractivity contribution in [2.75, 3.05) is 5.73 Å². The van der Waals surface area contributed by atoms with E-state index in [1.54, 1.807) is 0 Å². The van der Waals surface area contributed by atoms with Gasteiger partial charge in [0.15, 0.2) is 0 Å². The van der Waals surface area contributed by atoms with Gasteiger partial charge in [0.25, 0.3) is 5.91 Å². The number of aromatic nitrogens is 1. The van der Waals surface area contributed by atoms with Crippen LogP contribution >= 0.6 is 11.3 Å². The summed E-state index contributed by atoms with van der Waals surface area (Å²) in [6.45, 7) is 6.04. The van der Waals surface area contributed by atoms with Crippen molar-refractivity contribution in [3.05, 3.63) is 22.7 Å². The first-order valence-corrected chi connectivity index (χ1v) is 7.31. The van der Waals surface area contributed by atoms with E-state index in [0.29, 0.717) is 10.6 Å². The summed E-state index contributed by atoms with van der Waals surface area (Å²) in [7, 11) is 0. The number of carbonyl (C=O) groups is 1. The van der Waals surface area contributed by atoms with Gasteiger partial charge in [-0.25, -0.2) is 4.98 Å². The SMILES string of the molecule is CCCC(C)NC(=O)c1sc2nc(C)ccc2c1N. The average Bonchev–Trinajstić information content (AvgIpc) is 2.66. The summed E-state index contributed by atoms with van der Waals surface area (Å²) in [5.74, 6) is -0.0981. The summed E-state index contributed by atoms with van der Waals surface area (Å²) in [5, 5.41) is 3.84. The molecular formula is C14H19N3OS. The Hall–Kier alpha value is -1.62. The lowest BCUT2D eigenvalue weighted by Crippen LogP contribution is -2.32. The number of anilines is 1. The molecule has 0 saturated heterocycles. The van der Waals surface area contributed by atoms with Crippen LogP contribution in [0.4, 0.5) is 5.69 Å². The minimum atomic E-state index is -0.0981. The molecule has 5 heteroatoms. The standard InChI is InChI=1S/C14H19N3OS/c1-4-5-8(2)16-13(18)12-11(15)10-7-6-9(3)17-14(10)19-12/h6-8H,4-5,15H2,1-3H3,(H,16,18). The van der Waals surface area contributed by atoms with Crippen LogP contribution in [0.25, 0.3) is 10.2 Å². The summed E-state index contributed by atoms with van der Waals surface area (Å²) >= 11 is 1.36. The van der Waals surface area contributed by atoms with Crippen molar-refractivity contribution in [3.63, 3.8) is 0 Å². The molecule has 2 heterocycles. The monoisotopic (exact) mass is 277 g/mol. The number of amides is 1. The first-order valence-electron chi connectivity index (χ1n) is 6.49. The molecule has 0 aliphatic rings. The summed E-state index contributed by atoms with van der Waals surface area (Å²) in [6.07, 6.45) is 2.01. The van der Waals surface area contributed by atoms with E-state index < -0.39 is 0 Å². The van der Waals surface area contributed by atoms with Crippen LogP contribution in [0.15, 0.2) is 12.1 Å². The highest BCUT2D eigenvalue weighted by molar-refractivity contribution is 7.21. The summed E-state index contributed by atoms with van der Waals surface area (Å²) in [4.78, 5) is 18.0. The number of hydrogen-bond donors (Lipinski definition) is 2. The number of carbonyl (C=O) groups excluding carboxylic acids is 1. The van der Waals surface area contributed by atoms with Crippen molar-refractivity contribution in [1.29, 1.82) is 0 Å².